The molecule has 3 amide bonds. The van der Waals surface area contributed by atoms with Gasteiger partial charge in [-0.25, -0.2) is 13.2 Å². The standard InChI is InChI=1S/C36H46N4O7S/c1-24(2)28(20-25-14-8-6-9-15-25)38-31(41)22-30-32(47-30)29(21-26-16-10-7-11-17-26)39-34(42)33(36(3,4)48(5,44)45)40-35(43)46-23-27-18-12-13-19-37-27/h6-19,24,28-30,32-33H,20-23H2,1-5H3,(H,38,41)(H,39,42)(H,40,43)/t28-,29-,30-,32+,33+/m0/s1. The molecule has 1 fully saturated rings. The average Bonchev–Trinajstić information content (AvgIpc) is 3.81. The van der Waals surface area contributed by atoms with Gasteiger partial charge in [0.1, 0.15) is 18.8 Å². The van der Waals surface area contributed by atoms with Crippen LogP contribution >= 0.6 is 0 Å². The zero-order chi connectivity index (χ0) is 34.9. The lowest BCUT2D eigenvalue weighted by molar-refractivity contribution is -0.124. The van der Waals surface area contributed by atoms with Crippen molar-refractivity contribution in [3.05, 3.63) is 102 Å². The van der Waals surface area contributed by atoms with E-state index in [1.54, 1.807) is 24.4 Å². The normalized spacial score (nSPS) is 17.9. The Labute approximate surface area is 283 Å². The van der Waals surface area contributed by atoms with Crippen LogP contribution in [0.25, 0.3) is 0 Å². The van der Waals surface area contributed by atoms with Gasteiger partial charge in [0.15, 0.2) is 9.84 Å². The molecule has 2 heterocycles. The SMILES string of the molecule is CC(C)[C@H](Cc1ccccc1)NC(=O)C[C@@H]1O[C@@H]1[C@H](Cc1ccccc1)NC(=O)[C@@H](NC(=O)OCc1ccccn1)C(C)(C)S(C)(=O)=O. The highest BCUT2D eigenvalue weighted by atomic mass is 32.2. The number of nitrogens with one attached hydrogen (secondary N) is 3. The van der Waals surface area contributed by atoms with Crippen LogP contribution in [0.5, 0.6) is 0 Å². The van der Waals surface area contributed by atoms with Crippen molar-refractivity contribution in [1.82, 2.24) is 20.9 Å². The third-order valence-electron chi connectivity index (χ3n) is 8.73. The second kappa shape index (κ2) is 16.2. The van der Waals surface area contributed by atoms with Crippen molar-refractivity contribution in [2.24, 2.45) is 5.92 Å². The van der Waals surface area contributed by atoms with E-state index in [9.17, 15) is 22.8 Å². The van der Waals surface area contributed by atoms with Crippen molar-refractivity contribution in [3.63, 3.8) is 0 Å². The molecule has 12 heteroatoms. The molecule has 0 radical (unpaired) electrons. The first kappa shape index (κ1) is 36.5. The highest BCUT2D eigenvalue weighted by molar-refractivity contribution is 7.92. The minimum atomic E-state index is -3.85. The molecule has 1 aliphatic rings. The number of pyridine rings is 1. The van der Waals surface area contributed by atoms with E-state index in [4.69, 9.17) is 9.47 Å². The summed E-state index contributed by atoms with van der Waals surface area (Å²) >= 11 is 0. The molecule has 4 rings (SSSR count). The summed E-state index contributed by atoms with van der Waals surface area (Å²) < 4.78 is 35.2. The van der Waals surface area contributed by atoms with Gasteiger partial charge in [0.2, 0.25) is 11.8 Å². The summed E-state index contributed by atoms with van der Waals surface area (Å²) in [5.74, 6) is -0.675. The van der Waals surface area contributed by atoms with Gasteiger partial charge >= 0.3 is 6.09 Å². The maximum atomic E-state index is 13.9. The van der Waals surface area contributed by atoms with Gasteiger partial charge in [-0.2, -0.15) is 0 Å². The van der Waals surface area contributed by atoms with Crippen LogP contribution in [0.3, 0.4) is 0 Å². The Balaban J connectivity index is 1.46. The lowest BCUT2D eigenvalue weighted by atomic mass is 9.95. The third kappa shape index (κ3) is 10.4. The number of rotatable bonds is 16. The van der Waals surface area contributed by atoms with Crippen LogP contribution < -0.4 is 16.0 Å². The highest BCUT2D eigenvalue weighted by Crippen LogP contribution is 2.31. The first-order valence-corrected chi connectivity index (χ1v) is 18.0. The maximum Gasteiger partial charge on any atom is 0.408 e. The molecular weight excluding hydrogens is 632 g/mol. The first-order valence-electron chi connectivity index (χ1n) is 16.1. The van der Waals surface area contributed by atoms with E-state index >= 15 is 0 Å². The Kier molecular flexibility index (Phi) is 12.3. The molecule has 5 atom stereocenters. The number of nitrogens with zero attached hydrogens (tertiary/aromatic N) is 1. The molecule has 0 saturated carbocycles. The summed E-state index contributed by atoms with van der Waals surface area (Å²) in [6.45, 7) is 6.71. The monoisotopic (exact) mass is 678 g/mol. The molecule has 258 valence electrons. The number of epoxide rings is 1. The summed E-state index contributed by atoms with van der Waals surface area (Å²) in [7, 11) is -3.85. The van der Waals surface area contributed by atoms with Crippen LogP contribution in [0.1, 0.15) is 50.9 Å². The molecule has 11 nitrogen and oxygen atoms in total. The summed E-state index contributed by atoms with van der Waals surface area (Å²) in [6.07, 6.45) is 1.78. The first-order chi connectivity index (χ1) is 22.7. The van der Waals surface area contributed by atoms with E-state index in [1.165, 1.54) is 13.8 Å². The molecule has 0 unspecified atom stereocenters. The molecule has 1 aromatic heterocycles. The molecule has 1 saturated heterocycles. The molecule has 48 heavy (non-hydrogen) atoms. The van der Waals surface area contributed by atoms with Gasteiger partial charge in [-0.1, -0.05) is 80.6 Å². The number of carbonyl (C=O) groups is 3. The number of alkyl carbamates (subject to hydrolysis) is 1. The Morgan fingerprint density at radius 3 is 2.04 bits per heavy atom. The number of hydrogen-bond acceptors (Lipinski definition) is 8. The topological polar surface area (TPSA) is 156 Å². The van der Waals surface area contributed by atoms with Crippen LogP contribution in [0.15, 0.2) is 85.1 Å². The van der Waals surface area contributed by atoms with Crippen LogP contribution in [0, 0.1) is 5.92 Å². The van der Waals surface area contributed by atoms with Gasteiger partial charge in [0, 0.05) is 18.5 Å². The molecule has 3 aromatic rings. The molecular formula is C36H46N4O7S. The van der Waals surface area contributed by atoms with Gasteiger partial charge in [0.25, 0.3) is 0 Å². The van der Waals surface area contributed by atoms with Crippen molar-refractivity contribution >= 4 is 27.7 Å². The summed E-state index contributed by atoms with van der Waals surface area (Å²) in [5, 5.41) is 8.56. The summed E-state index contributed by atoms with van der Waals surface area (Å²) in [5.41, 5.74) is 2.52. The lowest BCUT2D eigenvalue weighted by Gasteiger charge is -2.33. The van der Waals surface area contributed by atoms with Crippen molar-refractivity contribution in [3.8, 4) is 0 Å². The number of benzene rings is 2. The largest absolute Gasteiger partial charge is 0.443 e. The quantitative estimate of drug-likeness (QED) is 0.194. The molecule has 1 aliphatic heterocycles. The Bertz CT molecular complexity index is 1620. The fourth-order valence-corrected chi connectivity index (χ4v) is 5.97. The Morgan fingerprint density at radius 2 is 1.48 bits per heavy atom. The predicted octanol–water partition coefficient (Wildman–Crippen LogP) is 3.77. The minimum Gasteiger partial charge on any atom is -0.443 e. The number of sulfone groups is 1. The van der Waals surface area contributed by atoms with E-state index in [-0.39, 0.29) is 30.9 Å². The van der Waals surface area contributed by atoms with E-state index < -0.39 is 50.9 Å². The van der Waals surface area contributed by atoms with Crippen molar-refractivity contribution < 1.29 is 32.3 Å². The van der Waals surface area contributed by atoms with Crippen LogP contribution in [-0.2, 0) is 48.3 Å². The number of aromatic nitrogens is 1. The van der Waals surface area contributed by atoms with Crippen molar-refractivity contribution in [1.29, 1.82) is 0 Å². The highest BCUT2D eigenvalue weighted by Gasteiger charge is 2.49. The van der Waals surface area contributed by atoms with Crippen molar-refractivity contribution in [2.75, 3.05) is 6.26 Å². The predicted molar refractivity (Wildman–Crippen MR) is 183 cm³/mol. The van der Waals surface area contributed by atoms with Gasteiger partial charge in [-0.15, -0.1) is 0 Å². The van der Waals surface area contributed by atoms with Crippen molar-refractivity contribution in [2.45, 2.75) is 88.6 Å². The average molecular weight is 679 g/mol. The summed E-state index contributed by atoms with van der Waals surface area (Å²) in [6, 6.07) is 22.4. The van der Waals surface area contributed by atoms with Crippen LogP contribution in [-0.4, -0.2) is 72.6 Å². The number of ether oxygens (including phenoxy) is 2. The van der Waals surface area contributed by atoms with Crippen LogP contribution in [0.4, 0.5) is 4.79 Å². The maximum absolute atomic E-state index is 13.9. The van der Waals surface area contributed by atoms with Gasteiger partial charge in [0.05, 0.1) is 29.0 Å². The number of hydrogen-bond donors (Lipinski definition) is 3. The van der Waals surface area contributed by atoms with Gasteiger partial charge < -0.3 is 25.4 Å². The minimum absolute atomic E-state index is 0.0700. The third-order valence-corrected chi connectivity index (χ3v) is 10.9. The number of carbonyl (C=O) groups excluding carboxylic acids is 3. The molecule has 0 spiro atoms. The van der Waals surface area contributed by atoms with E-state index in [1.807, 2.05) is 60.7 Å². The summed E-state index contributed by atoms with van der Waals surface area (Å²) in [4.78, 5) is 44.0. The number of amides is 3. The van der Waals surface area contributed by atoms with E-state index in [2.05, 4.69) is 34.8 Å². The van der Waals surface area contributed by atoms with Gasteiger partial charge in [-0.3, -0.25) is 14.6 Å². The van der Waals surface area contributed by atoms with Gasteiger partial charge in [-0.05, 0) is 55.9 Å². The second-order valence-corrected chi connectivity index (χ2v) is 15.7. The van der Waals surface area contributed by atoms with E-state index in [0.717, 1.165) is 17.4 Å². The zero-order valence-corrected chi connectivity index (χ0v) is 28.9. The molecule has 0 bridgehead atoms. The van der Waals surface area contributed by atoms with Crippen LogP contribution in [0.2, 0.25) is 0 Å². The van der Waals surface area contributed by atoms with E-state index in [0.29, 0.717) is 18.5 Å². The molecule has 3 N–H and O–H groups in total. The smallest absolute Gasteiger partial charge is 0.408 e. The zero-order valence-electron chi connectivity index (χ0n) is 28.1. The Morgan fingerprint density at radius 1 is 0.875 bits per heavy atom. The fourth-order valence-electron chi connectivity index (χ4n) is 5.38. The Hall–Kier alpha value is -4.29. The molecule has 0 aliphatic carbocycles. The lowest BCUT2D eigenvalue weighted by Crippen LogP contribution is -2.62. The molecule has 2 aromatic carbocycles. The fraction of sp³-hybridized carbons (Fsp3) is 0.444. The second-order valence-electron chi connectivity index (χ2n) is 13.1.